The maximum Gasteiger partial charge on any atom is 0.225 e. The Kier molecular flexibility index (Phi) is 5.73. The van der Waals surface area contributed by atoms with E-state index in [0.29, 0.717) is 25.2 Å². The van der Waals surface area contributed by atoms with E-state index in [9.17, 15) is 0 Å². The van der Waals surface area contributed by atoms with Crippen molar-refractivity contribution in [2.75, 3.05) is 51.3 Å². The van der Waals surface area contributed by atoms with Gasteiger partial charge in [-0.05, 0) is 62.7 Å². The Labute approximate surface area is 207 Å². The molecule has 0 N–H and O–H groups in total. The standard InChI is InChI=1S/C29H34N4O2/c1-22-3-5-23(6-4-22)29(20-34-21-29)24-7-9-26(10-8-24)35-17-25-11-14-30-27(31-25)33-16-13-28(19-33)12-15-32(2)18-28/h3-11,14H,12-13,15-21H2,1-2H3. The summed E-state index contributed by atoms with van der Waals surface area (Å²) >= 11 is 0. The van der Waals surface area contributed by atoms with Crippen LogP contribution in [0.2, 0.25) is 0 Å². The fourth-order valence-corrected chi connectivity index (χ4v) is 5.92. The fourth-order valence-electron chi connectivity index (χ4n) is 5.92. The van der Waals surface area contributed by atoms with Crippen LogP contribution < -0.4 is 9.64 Å². The van der Waals surface area contributed by atoms with Gasteiger partial charge in [0.1, 0.15) is 12.4 Å². The van der Waals surface area contributed by atoms with Crippen LogP contribution in [-0.4, -0.2) is 61.3 Å². The second-order valence-electron chi connectivity index (χ2n) is 10.8. The molecule has 1 atom stereocenters. The third kappa shape index (κ3) is 4.30. The van der Waals surface area contributed by atoms with Crippen molar-refractivity contribution in [2.24, 2.45) is 5.41 Å². The van der Waals surface area contributed by atoms with E-state index in [1.807, 2.05) is 12.3 Å². The minimum atomic E-state index is -0.0605. The number of hydrogen-bond acceptors (Lipinski definition) is 6. The van der Waals surface area contributed by atoms with Gasteiger partial charge in [-0.2, -0.15) is 0 Å². The first-order chi connectivity index (χ1) is 17.0. The predicted molar refractivity (Wildman–Crippen MR) is 137 cm³/mol. The molecular weight excluding hydrogens is 436 g/mol. The largest absolute Gasteiger partial charge is 0.487 e. The number of hydrogen-bond donors (Lipinski definition) is 0. The van der Waals surface area contributed by atoms with Gasteiger partial charge >= 0.3 is 0 Å². The maximum absolute atomic E-state index is 6.11. The van der Waals surface area contributed by atoms with E-state index >= 15 is 0 Å². The summed E-state index contributed by atoms with van der Waals surface area (Å²) in [6.45, 7) is 8.45. The molecule has 0 radical (unpaired) electrons. The molecular formula is C29H34N4O2. The number of likely N-dealkylation sites (tertiary alicyclic amines) is 1. The quantitative estimate of drug-likeness (QED) is 0.538. The molecule has 3 aromatic rings. The van der Waals surface area contributed by atoms with Crippen molar-refractivity contribution in [1.29, 1.82) is 0 Å². The van der Waals surface area contributed by atoms with Crippen LogP contribution in [0.5, 0.6) is 5.75 Å². The number of aryl methyl sites for hydroxylation is 1. The van der Waals surface area contributed by atoms with Crippen molar-refractivity contribution in [1.82, 2.24) is 14.9 Å². The Morgan fingerprint density at radius 1 is 0.914 bits per heavy atom. The summed E-state index contributed by atoms with van der Waals surface area (Å²) in [5.41, 5.74) is 5.11. The zero-order chi connectivity index (χ0) is 23.9. The molecule has 6 nitrogen and oxygen atoms in total. The molecule has 4 heterocycles. The first-order valence-corrected chi connectivity index (χ1v) is 12.7. The minimum absolute atomic E-state index is 0.0605. The molecule has 0 saturated carbocycles. The lowest BCUT2D eigenvalue weighted by Crippen LogP contribution is -2.47. The van der Waals surface area contributed by atoms with Crippen molar-refractivity contribution >= 4 is 5.95 Å². The van der Waals surface area contributed by atoms with Crippen LogP contribution in [0, 0.1) is 12.3 Å². The van der Waals surface area contributed by atoms with E-state index in [4.69, 9.17) is 14.5 Å². The maximum atomic E-state index is 6.11. The molecule has 3 aliphatic rings. The van der Waals surface area contributed by atoms with Crippen molar-refractivity contribution in [2.45, 2.75) is 31.8 Å². The van der Waals surface area contributed by atoms with Gasteiger partial charge < -0.3 is 19.3 Å². The molecule has 1 unspecified atom stereocenters. The SMILES string of the molecule is Cc1ccc(C2(c3ccc(OCc4ccnc(N5CCC6(CCN(C)C6)C5)n4)cc3)COC2)cc1. The highest BCUT2D eigenvalue weighted by molar-refractivity contribution is 5.44. The zero-order valence-corrected chi connectivity index (χ0v) is 20.7. The summed E-state index contributed by atoms with van der Waals surface area (Å²) in [7, 11) is 2.22. The summed E-state index contributed by atoms with van der Waals surface area (Å²) in [6, 6.07) is 19.2. The van der Waals surface area contributed by atoms with Crippen molar-refractivity contribution in [3.05, 3.63) is 83.2 Å². The molecule has 182 valence electrons. The Morgan fingerprint density at radius 3 is 2.29 bits per heavy atom. The molecule has 3 fully saturated rings. The van der Waals surface area contributed by atoms with Crippen LogP contribution in [0.1, 0.15) is 35.2 Å². The van der Waals surface area contributed by atoms with Gasteiger partial charge in [0.25, 0.3) is 0 Å². The van der Waals surface area contributed by atoms with Crippen LogP contribution in [0.15, 0.2) is 60.8 Å². The van der Waals surface area contributed by atoms with Crippen LogP contribution in [0.4, 0.5) is 5.95 Å². The molecule has 1 spiro atoms. The van der Waals surface area contributed by atoms with Gasteiger partial charge in [-0.1, -0.05) is 42.0 Å². The summed E-state index contributed by atoms with van der Waals surface area (Å²) in [4.78, 5) is 14.2. The summed E-state index contributed by atoms with van der Waals surface area (Å²) in [6.07, 6.45) is 4.36. The second kappa shape index (κ2) is 8.92. The van der Waals surface area contributed by atoms with E-state index < -0.39 is 0 Å². The molecule has 35 heavy (non-hydrogen) atoms. The highest BCUT2D eigenvalue weighted by atomic mass is 16.5. The highest BCUT2D eigenvalue weighted by Crippen LogP contribution is 2.41. The third-order valence-electron chi connectivity index (χ3n) is 8.15. The topological polar surface area (TPSA) is 50.7 Å². The van der Waals surface area contributed by atoms with Gasteiger partial charge in [-0.3, -0.25) is 0 Å². The Balaban J connectivity index is 1.11. The lowest BCUT2D eigenvalue weighted by molar-refractivity contribution is -0.0380. The van der Waals surface area contributed by atoms with Crippen LogP contribution in [-0.2, 0) is 16.8 Å². The van der Waals surface area contributed by atoms with E-state index in [0.717, 1.165) is 30.5 Å². The van der Waals surface area contributed by atoms with Crippen LogP contribution in [0.25, 0.3) is 0 Å². The molecule has 0 bridgehead atoms. The number of rotatable bonds is 6. The normalized spacial score (nSPS) is 23.5. The lowest BCUT2D eigenvalue weighted by atomic mass is 9.73. The molecule has 3 aliphatic heterocycles. The average Bonchev–Trinajstić information content (AvgIpc) is 3.44. The number of nitrogens with zero attached hydrogens (tertiary/aromatic N) is 4. The lowest BCUT2D eigenvalue weighted by Gasteiger charge is -2.42. The van der Waals surface area contributed by atoms with Gasteiger partial charge in [0.05, 0.1) is 24.3 Å². The average molecular weight is 471 g/mol. The molecule has 3 saturated heterocycles. The van der Waals surface area contributed by atoms with Crippen molar-refractivity contribution in [3.8, 4) is 5.75 Å². The van der Waals surface area contributed by atoms with E-state index in [2.05, 4.69) is 77.3 Å². The van der Waals surface area contributed by atoms with Crippen LogP contribution in [0.3, 0.4) is 0 Å². The zero-order valence-electron chi connectivity index (χ0n) is 20.7. The van der Waals surface area contributed by atoms with Crippen LogP contribution >= 0.6 is 0 Å². The monoisotopic (exact) mass is 470 g/mol. The summed E-state index contributed by atoms with van der Waals surface area (Å²) in [5, 5.41) is 0. The van der Waals surface area contributed by atoms with Gasteiger partial charge in [-0.25, -0.2) is 9.97 Å². The van der Waals surface area contributed by atoms with Gasteiger partial charge in [0.2, 0.25) is 5.95 Å². The van der Waals surface area contributed by atoms with Crippen molar-refractivity contribution < 1.29 is 9.47 Å². The smallest absolute Gasteiger partial charge is 0.225 e. The summed E-state index contributed by atoms with van der Waals surface area (Å²) in [5.74, 6) is 1.68. The molecule has 6 heteroatoms. The first kappa shape index (κ1) is 22.5. The summed E-state index contributed by atoms with van der Waals surface area (Å²) < 4.78 is 11.8. The number of aromatic nitrogens is 2. The third-order valence-corrected chi connectivity index (χ3v) is 8.15. The van der Waals surface area contributed by atoms with E-state index in [1.165, 1.54) is 42.6 Å². The molecule has 0 amide bonds. The molecule has 6 rings (SSSR count). The number of anilines is 1. The van der Waals surface area contributed by atoms with Gasteiger partial charge in [-0.15, -0.1) is 0 Å². The number of ether oxygens (including phenoxy) is 2. The Bertz CT molecular complexity index is 1180. The number of benzene rings is 2. The molecule has 2 aromatic carbocycles. The predicted octanol–water partition coefficient (Wildman–Crippen LogP) is 4.21. The molecule has 0 aliphatic carbocycles. The fraction of sp³-hybridized carbons (Fsp3) is 0.448. The highest BCUT2D eigenvalue weighted by Gasteiger charge is 2.43. The van der Waals surface area contributed by atoms with Crippen molar-refractivity contribution in [3.63, 3.8) is 0 Å². The second-order valence-corrected chi connectivity index (χ2v) is 10.8. The Hall–Kier alpha value is -2.96. The minimum Gasteiger partial charge on any atom is -0.487 e. The van der Waals surface area contributed by atoms with E-state index in [1.54, 1.807) is 0 Å². The molecule has 1 aromatic heterocycles. The van der Waals surface area contributed by atoms with Gasteiger partial charge in [0.15, 0.2) is 0 Å². The van der Waals surface area contributed by atoms with Gasteiger partial charge in [0, 0.05) is 31.2 Å². The van der Waals surface area contributed by atoms with E-state index in [-0.39, 0.29) is 5.41 Å². The Morgan fingerprint density at radius 2 is 1.63 bits per heavy atom. The first-order valence-electron chi connectivity index (χ1n) is 12.7.